The summed E-state index contributed by atoms with van der Waals surface area (Å²) < 4.78 is 11.6. The van der Waals surface area contributed by atoms with Gasteiger partial charge < -0.3 is 29.9 Å². The van der Waals surface area contributed by atoms with E-state index in [0.717, 1.165) is 56.7 Å². The Balaban J connectivity index is 1.17. The average molecular weight is 797 g/mol. The van der Waals surface area contributed by atoms with Gasteiger partial charge in [-0.15, -0.1) is 0 Å². The van der Waals surface area contributed by atoms with Crippen LogP contribution in [0.2, 0.25) is 0 Å². The summed E-state index contributed by atoms with van der Waals surface area (Å²) >= 11 is 0. The van der Waals surface area contributed by atoms with Crippen molar-refractivity contribution >= 4 is 28.7 Å². The number of anilines is 1. The molecule has 0 radical (unpaired) electrons. The maximum Gasteiger partial charge on any atom is 0.315 e. The van der Waals surface area contributed by atoms with Gasteiger partial charge in [-0.1, -0.05) is 60.1 Å². The van der Waals surface area contributed by atoms with Crippen LogP contribution in [0.5, 0.6) is 0 Å². The van der Waals surface area contributed by atoms with Gasteiger partial charge in [-0.25, -0.2) is 0 Å². The van der Waals surface area contributed by atoms with E-state index in [0.29, 0.717) is 25.2 Å². The van der Waals surface area contributed by atoms with Gasteiger partial charge in [-0.05, 0) is 110 Å². The zero-order chi connectivity index (χ0) is 41.7. The van der Waals surface area contributed by atoms with Crippen LogP contribution < -0.4 is 5.43 Å². The van der Waals surface area contributed by atoms with Crippen LogP contribution in [0.1, 0.15) is 113 Å². The molecular formula is C42H60N4O11. The van der Waals surface area contributed by atoms with Crippen molar-refractivity contribution in [2.75, 3.05) is 12.0 Å². The number of non-ortho nitro benzene ring substituents is 1. The van der Waals surface area contributed by atoms with Gasteiger partial charge >= 0.3 is 11.7 Å². The molecule has 1 aromatic carbocycles. The molecule has 15 heteroatoms. The number of aliphatic hydroxyl groups is 4. The summed E-state index contributed by atoms with van der Waals surface area (Å²) in [5.74, 6) is 0.0447. The van der Waals surface area contributed by atoms with Crippen LogP contribution in [0.4, 0.5) is 17.1 Å². The number of nitro benzene ring substituents is 2. The molecule has 1 aliphatic heterocycles. The Bertz CT molecular complexity index is 1880. The fourth-order valence-electron chi connectivity index (χ4n) is 13.0. The molecule has 5 aliphatic carbocycles. The van der Waals surface area contributed by atoms with E-state index >= 15 is 0 Å². The van der Waals surface area contributed by atoms with Crippen LogP contribution in [-0.2, 0) is 14.3 Å². The number of nitrogens with one attached hydrogen (secondary N) is 1. The normalized spacial score (nSPS) is 42.6. The molecule has 4 saturated carbocycles. The highest BCUT2D eigenvalue weighted by molar-refractivity contribution is 5.91. The monoisotopic (exact) mass is 796 g/mol. The second-order valence-corrected chi connectivity index (χ2v) is 20.1. The highest BCUT2D eigenvalue weighted by Crippen LogP contribution is 2.75. The molecule has 15 nitrogen and oxygen atoms in total. The maximum atomic E-state index is 14.6. The summed E-state index contributed by atoms with van der Waals surface area (Å²) in [5.41, 5.74) is 2.92. The van der Waals surface area contributed by atoms with E-state index in [-0.39, 0.29) is 50.3 Å². The summed E-state index contributed by atoms with van der Waals surface area (Å²) in [5, 5.41) is 69.2. The van der Waals surface area contributed by atoms with Crippen molar-refractivity contribution in [3.63, 3.8) is 0 Å². The van der Waals surface area contributed by atoms with Crippen LogP contribution >= 0.6 is 0 Å². The molecule has 0 aromatic heterocycles. The smallest absolute Gasteiger partial charge is 0.315 e. The topological polar surface area (TPSA) is 227 Å². The lowest BCUT2D eigenvalue weighted by atomic mass is 9.33. The number of carbonyl (C=O) groups excluding carboxylic acids is 1. The van der Waals surface area contributed by atoms with Crippen LogP contribution in [-0.4, -0.2) is 79.3 Å². The number of hydrogen-bond donors (Lipinski definition) is 5. The van der Waals surface area contributed by atoms with E-state index < -0.39 is 64.2 Å². The summed E-state index contributed by atoms with van der Waals surface area (Å²) in [6.45, 7) is 15.6. The molecule has 5 N–H and O–H groups in total. The van der Waals surface area contributed by atoms with Crippen LogP contribution in [0, 0.1) is 70.5 Å². The summed E-state index contributed by atoms with van der Waals surface area (Å²) in [4.78, 5) is 36.4. The number of esters is 1. The van der Waals surface area contributed by atoms with Gasteiger partial charge in [0.15, 0.2) is 0 Å². The Morgan fingerprint density at radius 2 is 1.63 bits per heavy atom. The first kappa shape index (κ1) is 41.7. The number of aliphatic hydroxyl groups excluding tert-OH is 4. The minimum absolute atomic E-state index is 0.0237. The van der Waals surface area contributed by atoms with Crippen molar-refractivity contribution in [3.05, 3.63) is 50.1 Å². The number of nitrogens with zero attached hydrogens (tertiary/aromatic N) is 3. The molecule has 314 valence electrons. The van der Waals surface area contributed by atoms with Crippen molar-refractivity contribution < 1.29 is 44.5 Å². The quantitative estimate of drug-likeness (QED) is 0.0873. The van der Waals surface area contributed by atoms with Crippen LogP contribution in [0.3, 0.4) is 0 Å². The average Bonchev–Trinajstić information content (AvgIpc) is 3.14. The van der Waals surface area contributed by atoms with Crippen LogP contribution in [0.25, 0.3) is 0 Å². The van der Waals surface area contributed by atoms with Crippen LogP contribution in [0.15, 0.2) is 34.9 Å². The number of hydrogen-bond acceptors (Lipinski definition) is 13. The Morgan fingerprint density at radius 1 is 0.930 bits per heavy atom. The Labute approximate surface area is 333 Å². The third kappa shape index (κ3) is 6.32. The first-order chi connectivity index (χ1) is 26.6. The number of carbonyl (C=O) groups is 1. The van der Waals surface area contributed by atoms with Gasteiger partial charge in [0, 0.05) is 17.2 Å². The van der Waals surface area contributed by atoms with Gasteiger partial charge in [-0.3, -0.25) is 30.4 Å². The zero-order valence-electron chi connectivity index (χ0n) is 34.2. The second kappa shape index (κ2) is 14.1. The lowest BCUT2D eigenvalue weighted by molar-refractivity contribution is -0.393. The molecule has 0 amide bonds. The molecule has 0 spiro atoms. The first-order valence-electron chi connectivity index (χ1n) is 20.5. The summed E-state index contributed by atoms with van der Waals surface area (Å²) in [6.07, 6.45) is 2.86. The van der Waals surface area contributed by atoms with E-state index in [2.05, 4.69) is 60.0 Å². The van der Waals surface area contributed by atoms with E-state index in [1.807, 2.05) is 0 Å². The predicted molar refractivity (Wildman–Crippen MR) is 210 cm³/mol. The molecule has 1 saturated heterocycles. The number of allylic oxidation sites excluding steroid dienone is 2. The highest BCUT2D eigenvalue weighted by Gasteiger charge is 2.69. The molecule has 12 atom stereocenters. The first-order valence-corrected chi connectivity index (χ1v) is 20.5. The third-order valence-electron chi connectivity index (χ3n) is 16.6. The minimum Gasteiger partial charge on any atom is -0.432 e. The molecule has 7 rings (SSSR count). The van der Waals surface area contributed by atoms with Crippen molar-refractivity contribution in [2.45, 2.75) is 143 Å². The molecule has 1 heterocycles. The number of ether oxygens (including phenoxy) is 2. The Morgan fingerprint density at radius 3 is 2.30 bits per heavy atom. The molecule has 0 bridgehead atoms. The second-order valence-electron chi connectivity index (χ2n) is 20.1. The lowest BCUT2D eigenvalue weighted by Gasteiger charge is -2.70. The number of nitro groups is 2. The molecule has 57 heavy (non-hydrogen) atoms. The molecule has 5 fully saturated rings. The van der Waals surface area contributed by atoms with Gasteiger partial charge in [-0.2, -0.15) is 5.10 Å². The largest absolute Gasteiger partial charge is 0.432 e. The van der Waals surface area contributed by atoms with E-state index in [1.165, 1.54) is 17.7 Å². The molecule has 0 unspecified atom stereocenters. The fraction of sp³-hybridized carbons (Fsp3) is 0.762. The van der Waals surface area contributed by atoms with E-state index in [1.54, 1.807) is 0 Å². The standard InChI is InChI=1S/C42H60N4O11/c1-37(2)16-18-42(36(51)57-35-34(50)33(49)32(48)28(22-47)56-35)19-17-40(6)24(25(42)21-37)9-11-30-39(5)14-13-31(38(3,4)29(39)12-15-41(30,40)7)44-43-26-10-8-23(45(52)53)20-27(26)46(54)55/h8-10,20,25,28-30,32-35,43,47-50H,11-19,21-22H2,1-7H3/b44-31+/t25-,28+,29-,30+,32+,33-,34+,35-,39-,40+,41+,42-/m0/s1. The van der Waals surface area contributed by atoms with E-state index in [4.69, 9.17) is 14.6 Å². The zero-order valence-corrected chi connectivity index (χ0v) is 34.2. The van der Waals surface area contributed by atoms with E-state index in [9.17, 15) is 45.4 Å². The van der Waals surface area contributed by atoms with Crippen molar-refractivity contribution in [1.29, 1.82) is 0 Å². The van der Waals surface area contributed by atoms with Crippen molar-refractivity contribution in [3.8, 4) is 0 Å². The Hall–Kier alpha value is -3.50. The number of hydrazone groups is 1. The molecule has 6 aliphatic rings. The summed E-state index contributed by atoms with van der Waals surface area (Å²) in [7, 11) is 0. The van der Waals surface area contributed by atoms with Gasteiger partial charge in [0.05, 0.1) is 27.9 Å². The lowest BCUT2D eigenvalue weighted by Crippen LogP contribution is -2.65. The maximum absolute atomic E-state index is 14.6. The van der Waals surface area contributed by atoms with Gasteiger partial charge in [0.1, 0.15) is 30.1 Å². The summed E-state index contributed by atoms with van der Waals surface area (Å²) in [6, 6.07) is 3.52. The third-order valence-corrected chi connectivity index (χ3v) is 16.6. The predicted octanol–water partition coefficient (Wildman–Crippen LogP) is 6.42. The number of rotatable bonds is 7. The van der Waals surface area contributed by atoms with Crippen molar-refractivity contribution in [1.82, 2.24) is 0 Å². The molecule has 1 aromatic rings. The number of benzene rings is 1. The van der Waals surface area contributed by atoms with Crippen molar-refractivity contribution in [2.24, 2.45) is 55.3 Å². The van der Waals surface area contributed by atoms with Gasteiger partial charge in [0.2, 0.25) is 6.29 Å². The SMILES string of the molecule is CC1(C)CC[C@]2(C(=O)O[C@@H]3O[C@H](CO)[C@@H](O)[C@H](O)[C@H]3O)CC[C@]3(C)C(=CC[C@@H]4[C@@]5(C)CC/C(=N\Nc6ccc([N+](=O)[O-])cc6[N+](=O)[O-])C(C)(C)[C@@H]5CC[C@]43C)[C@@H]2C1. The molecular weight excluding hydrogens is 736 g/mol. The minimum atomic E-state index is -1.66. The number of fused-ring (bicyclic) bond motifs is 7. The Kier molecular flexibility index (Phi) is 10.3. The fourth-order valence-corrected chi connectivity index (χ4v) is 13.0. The highest BCUT2D eigenvalue weighted by atomic mass is 16.7. The van der Waals surface area contributed by atoms with Gasteiger partial charge in [0.25, 0.3) is 5.69 Å².